The lowest BCUT2D eigenvalue weighted by Crippen LogP contribution is -2.10. The summed E-state index contributed by atoms with van der Waals surface area (Å²) in [5.41, 5.74) is 6.69. The van der Waals surface area contributed by atoms with Crippen LogP contribution in [0.3, 0.4) is 0 Å². The number of fused-ring (bicyclic) bond motifs is 3. The summed E-state index contributed by atoms with van der Waals surface area (Å²) in [6, 6.07) is 23.7. The standard InChI is InChI=1S/C27H28N2/c1-26(2,3)19-11-13-24-21(15-19)22-16-20(27(4,5)6)12-14-25(22)29(24)23-10-8-7-9-18(23)17-28/h7-16H,1-6H3. The number of rotatable bonds is 1. The summed E-state index contributed by atoms with van der Waals surface area (Å²) in [5.74, 6) is 0. The molecule has 0 radical (unpaired) electrons. The third-order valence-electron chi connectivity index (χ3n) is 5.76. The van der Waals surface area contributed by atoms with E-state index in [1.54, 1.807) is 0 Å². The summed E-state index contributed by atoms with van der Waals surface area (Å²) in [4.78, 5) is 0. The smallest absolute Gasteiger partial charge is 0.101 e. The highest BCUT2D eigenvalue weighted by molar-refractivity contribution is 6.10. The molecular formula is C27H28N2. The van der Waals surface area contributed by atoms with Gasteiger partial charge >= 0.3 is 0 Å². The molecule has 2 nitrogen and oxygen atoms in total. The predicted molar refractivity (Wildman–Crippen MR) is 123 cm³/mol. The average molecular weight is 381 g/mol. The van der Waals surface area contributed by atoms with Crippen LogP contribution in [0.25, 0.3) is 27.5 Å². The van der Waals surface area contributed by atoms with Crippen LogP contribution in [-0.4, -0.2) is 4.57 Å². The minimum atomic E-state index is 0.0782. The van der Waals surface area contributed by atoms with Gasteiger partial charge in [-0.15, -0.1) is 0 Å². The number of nitriles is 1. The molecule has 0 fully saturated rings. The highest BCUT2D eigenvalue weighted by Gasteiger charge is 2.21. The van der Waals surface area contributed by atoms with Crippen molar-refractivity contribution in [1.82, 2.24) is 4.57 Å². The van der Waals surface area contributed by atoms with Crippen molar-refractivity contribution in [3.05, 3.63) is 77.4 Å². The lowest BCUT2D eigenvalue weighted by Gasteiger charge is -2.19. The summed E-state index contributed by atoms with van der Waals surface area (Å²) in [5, 5.41) is 12.2. The molecule has 0 spiro atoms. The van der Waals surface area contributed by atoms with E-state index in [-0.39, 0.29) is 10.8 Å². The van der Waals surface area contributed by atoms with E-state index in [0.717, 1.165) is 16.7 Å². The molecule has 0 bridgehead atoms. The topological polar surface area (TPSA) is 28.7 Å². The number of hydrogen-bond acceptors (Lipinski definition) is 1. The van der Waals surface area contributed by atoms with E-state index in [0.29, 0.717) is 5.56 Å². The summed E-state index contributed by atoms with van der Waals surface area (Å²) >= 11 is 0. The molecule has 0 unspecified atom stereocenters. The third-order valence-corrected chi connectivity index (χ3v) is 5.76. The van der Waals surface area contributed by atoms with Crippen LogP contribution in [-0.2, 0) is 10.8 Å². The normalized spacial score (nSPS) is 12.4. The minimum absolute atomic E-state index is 0.0782. The van der Waals surface area contributed by atoms with Crippen LogP contribution in [0.5, 0.6) is 0 Å². The van der Waals surface area contributed by atoms with Crippen molar-refractivity contribution < 1.29 is 0 Å². The second kappa shape index (κ2) is 6.49. The molecular weight excluding hydrogens is 352 g/mol. The number of nitrogens with zero attached hydrogens (tertiary/aromatic N) is 2. The minimum Gasteiger partial charge on any atom is -0.308 e. The van der Waals surface area contributed by atoms with Gasteiger partial charge in [-0.2, -0.15) is 5.26 Å². The Hall–Kier alpha value is -3.05. The molecule has 0 aliphatic heterocycles. The molecule has 1 aromatic heterocycles. The largest absolute Gasteiger partial charge is 0.308 e. The third kappa shape index (κ3) is 3.21. The van der Waals surface area contributed by atoms with Crippen molar-refractivity contribution in [1.29, 1.82) is 5.26 Å². The van der Waals surface area contributed by atoms with Crippen molar-refractivity contribution in [3.8, 4) is 11.8 Å². The summed E-state index contributed by atoms with van der Waals surface area (Å²) < 4.78 is 2.24. The van der Waals surface area contributed by atoms with Crippen molar-refractivity contribution in [2.24, 2.45) is 0 Å². The Balaban J connectivity index is 2.17. The molecule has 3 aromatic carbocycles. The number of benzene rings is 3. The van der Waals surface area contributed by atoms with Crippen LogP contribution >= 0.6 is 0 Å². The summed E-state index contributed by atoms with van der Waals surface area (Å²) in [6.45, 7) is 13.5. The highest BCUT2D eigenvalue weighted by Crippen LogP contribution is 2.37. The van der Waals surface area contributed by atoms with Crippen molar-refractivity contribution in [2.45, 2.75) is 52.4 Å². The highest BCUT2D eigenvalue weighted by atomic mass is 15.0. The van der Waals surface area contributed by atoms with E-state index < -0.39 is 0 Å². The van der Waals surface area contributed by atoms with Crippen LogP contribution in [0, 0.1) is 11.3 Å². The Bertz CT molecular complexity index is 1200. The zero-order chi connectivity index (χ0) is 21.0. The SMILES string of the molecule is CC(C)(C)c1ccc2c(c1)c1cc(C(C)(C)C)ccc1n2-c1ccccc1C#N. The molecule has 0 amide bonds. The van der Waals surface area contributed by atoms with Gasteiger partial charge in [-0.25, -0.2) is 0 Å². The Morgan fingerprint density at radius 3 is 1.62 bits per heavy atom. The van der Waals surface area contributed by atoms with E-state index in [1.165, 1.54) is 21.9 Å². The number of para-hydroxylation sites is 1. The maximum atomic E-state index is 9.70. The lowest BCUT2D eigenvalue weighted by atomic mass is 9.85. The van der Waals surface area contributed by atoms with Gasteiger partial charge in [0.05, 0.1) is 22.3 Å². The Kier molecular flexibility index (Phi) is 4.32. The van der Waals surface area contributed by atoms with Gasteiger partial charge in [0.1, 0.15) is 6.07 Å². The van der Waals surface area contributed by atoms with E-state index in [4.69, 9.17) is 0 Å². The molecule has 146 valence electrons. The monoisotopic (exact) mass is 380 g/mol. The first-order valence-corrected chi connectivity index (χ1v) is 10.2. The molecule has 0 aliphatic carbocycles. The van der Waals surface area contributed by atoms with Gasteiger partial charge in [-0.3, -0.25) is 0 Å². The van der Waals surface area contributed by atoms with E-state index in [1.807, 2.05) is 24.3 Å². The molecule has 0 atom stereocenters. The van der Waals surface area contributed by atoms with Gasteiger partial charge in [-0.05, 0) is 58.4 Å². The van der Waals surface area contributed by atoms with Crippen molar-refractivity contribution in [2.75, 3.05) is 0 Å². The first kappa shape index (κ1) is 19.3. The Labute approximate surface area is 173 Å². The summed E-state index contributed by atoms with van der Waals surface area (Å²) in [7, 11) is 0. The molecule has 0 N–H and O–H groups in total. The molecule has 4 rings (SSSR count). The fourth-order valence-electron chi connectivity index (χ4n) is 3.98. The van der Waals surface area contributed by atoms with Gasteiger partial charge in [0.15, 0.2) is 0 Å². The quantitative estimate of drug-likeness (QED) is 0.342. The van der Waals surface area contributed by atoms with Crippen LogP contribution < -0.4 is 0 Å². The molecule has 0 saturated heterocycles. The molecule has 1 heterocycles. The zero-order valence-electron chi connectivity index (χ0n) is 18.2. The lowest BCUT2D eigenvalue weighted by molar-refractivity contribution is 0.590. The molecule has 29 heavy (non-hydrogen) atoms. The fourth-order valence-corrected chi connectivity index (χ4v) is 3.98. The van der Waals surface area contributed by atoms with Crippen LogP contribution in [0.4, 0.5) is 0 Å². The van der Waals surface area contributed by atoms with Gasteiger partial charge in [0, 0.05) is 10.8 Å². The predicted octanol–water partition coefficient (Wildman–Crippen LogP) is 7.25. The average Bonchev–Trinajstić information content (AvgIpc) is 2.99. The Morgan fingerprint density at radius 1 is 0.690 bits per heavy atom. The van der Waals surface area contributed by atoms with Crippen molar-refractivity contribution in [3.63, 3.8) is 0 Å². The first-order chi connectivity index (χ1) is 13.6. The van der Waals surface area contributed by atoms with Crippen molar-refractivity contribution >= 4 is 21.8 Å². The van der Waals surface area contributed by atoms with E-state index in [9.17, 15) is 5.26 Å². The molecule has 0 saturated carbocycles. The number of aromatic nitrogens is 1. The molecule has 2 heteroatoms. The van der Waals surface area contributed by atoms with Crippen LogP contribution in [0.15, 0.2) is 60.7 Å². The molecule has 0 aliphatic rings. The fraction of sp³-hybridized carbons (Fsp3) is 0.296. The van der Waals surface area contributed by atoms with Gasteiger partial charge in [0.25, 0.3) is 0 Å². The summed E-state index contributed by atoms with van der Waals surface area (Å²) in [6.07, 6.45) is 0. The van der Waals surface area contributed by atoms with Crippen LogP contribution in [0.2, 0.25) is 0 Å². The second-order valence-corrected chi connectivity index (χ2v) is 9.93. The molecule has 4 aromatic rings. The first-order valence-electron chi connectivity index (χ1n) is 10.2. The maximum Gasteiger partial charge on any atom is 0.101 e. The van der Waals surface area contributed by atoms with Gasteiger partial charge in [-0.1, -0.05) is 65.8 Å². The Morgan fingerprint density at radius 2 is 1.17 bits per heavy atom. The van der Waals surface area contributed by atoms with Crippen LogP contribution in [0.1, 0.15) is 58.2 Å². The van der Waals surface area contributed by atoms with Gasteiger partial charge < -0.3 is 4.57 Å². The second-order valence-electron chi connectivity index (χ2n) is 9.93. The van der Waals surface area contributed by atoms with E-state index >= 15 is 0 Å². The zero-order valence-corrected chi connectivity index (χ0v) is 18.2. The van der Waals surface area contributed by atoms with Gasteiger partial charge in [0.2, 0.25) is 0 Å². The van der Waals surface area contributed by atoms with E-state index in [2.05, 4.69) is 88.6 Å². The maximum absolute atomic E-state index is 9.70. The number of hydrogen-bond donors (Lipinski definition) is 0.